The fourth-order valence-electron chi connectivity index (χ4n) is 1.54. The first kappa shape index (κ1) is 16.6. The summed E-state index contributed by atoms with van der Waals surface area (Å²) in [7, 11) is -4.85. The second-order valence-electron chi connectivity index (χ2n) is 4.30. The van der Waals surface area contributed by atoms with Gasteiger partial charge in [-0.25, -0.2) is 0 Å². The Morgan fingerprint density at radius 1 is 1.25 bits per heavy atom. The lowest BCUT2D eigenvalue weighted by atomic mass is 10.1. The van der Waals surface area contributed by atoms with Gasteiger partial charge in [-0.05, 0) is 37.1 Å². The number of hydrogen-bond donors (Lipinski definition) is 2. The zero-order valence-electron chi connectivity index (χ0n) is 10.6. The van der Waals surface area contributed by atoms with Crippen LogP contribution in [0.15, 0.2) is 12.1 Å². The molecule has 0 saturated heterocycles. The maximum atomic E-state index is 12.7. The van der Waals surface area contributed by atoms with Gasteiger partial charge in [-0.15, -0.1) is 0 Å². The van der Waals surface area contributed by atoms with Crippen LogP contribution in [0.1, 0.15) is 11.1 Å². The summed E-state index contributed by atoms with van der Waals surface area (Å²) in [4.78, 5) is 0. The van der Waals surface area contributed by atoms with Crippen LogP contribution in [0, 0.1) is 13.8 Å². The highest BCUT2D eigenvalue weighted by Crippen LogP contribution is 2.31. The van der Waals surface area contributed by atoms with E-state index in [0.717, 1.165) is 12.1 Å². The highest BCUT2D eigenvalue weighted by atomic mass is 32.2. The molecular weight excluding hydrogens is 301 g/mol. The van der Waals surface area contributed by atoms with Crippen LogP contribution in [-0.2, 0) is 10.1 Å². The predicted octanol–water partition coefficient (Wildman–Crippen LogP) is 2.21. The molecule has 0 spiro atoms. The molecule has 0 saturated carbocycles. The number of benzene rings is 1. The molecule has 9 heteroatoms. The average molecular weight is 314 g/mol. The van der Waals surface area contributed by atoms with E-state index in [1.54, 1.807) is 0 Å². The number of rotatable bonds is 4. The van der Waals surface area contributed by atoms with Crippen molar-refractivity contribution in [2.75, 3.05) is 5.75 Å². The van der Waals surface area contributed by atoms with E-state index in [9.17, 15) is 26.7 Å². The molecule has 0 heterocycles. The first-order valence-electron chi connectivity index (χ1n) is 5.39. The van der Waals surface area contributed by atoms with Gasteiger partial charge in [0.1, 0.15) is 17.3 Å². The summed E-state index contributed by atoms with van der Waals surface area (Å²) in [6.07, 6.45) is -7.66. The van der Waals surface area contributed by atoms with Gasteiger partial charge in [-0.2, -0.15) is 21.6 Å². The molecule has 0 amide bonds. The predicted molar refractivity (Wildman–Crippen MR) is 64.5 cm³/mol. The molecule has 0 radical (unpaired) electrons. The van der Waals surface area contributed by atoms with E-state index in [1.165, 1.54) is 13.8 Å². The van der Waals surface area contributed by atoms with Gasteiger partial charge in [-0.1, -0.05) is 0 Å². The van der Waals surface area contributed by atoms with Crippen molar-refractivity contribution in [1.82, 2.24) is 0 Å². The van der Waals surface area contributed by atoms with Crippen molar-refractivity contribution < 1.29 is 36.0 Å². The topological polar surface area (TPSA) is 83.8 Å². The molecule has 0 aliphatic rings. The lowest BCUT2D eigenvalue weighted by molar-refractivity contribution is -0.188. The largest absolute Gasteiger partial charge is 0.507 e. The Kier molecular flexibility index (Phi) is 4.55. The van der Waals surface area contributed by atoms with Gasteiger partial charge in [-0.3, -0.25) is 4.55 Å². The second-order valence-corrected chi connectivity index (χ2v) is 5.80. The molecule has 1 rings (SSSR count). The van der Waals surface area contributed by atoms with Crippen molar-refractivity contribution in [3.05, 3.63) is 23.3 Å². The fraction of sp³-hybridized carbons (Fsp3) is 0.455. The third kappa shape index (κ3) is 4.57. The first-order valence-corrected chi connectivity index (χ1v) is 7.00. The van der Waals surface area contributed by atoms with Crippen LogP contribution >= 0.6 is 0 Å². The Morgan fingerprint density at radius 2 is 1.70 bits per heavy atom. The summed E-state index contributed by atoms with van der Waals surface area (Å²) in [5.41, 5.74) is 0.570. The third-order valence-corrected chi connectivity index (χ3v) is 3.19. The van der Waals surface area contributed by atoms with Crippen molar-refractivity contribution in [3.63, 3.8) is 0 Å². The molecule has 20 heavy (non-hydrogen) atoms. The van der Waals surface area contributed by atoms with Crippen LogP contribution in [0.5, 0.6) is 11.5 Å². The summed E-state index contributed by atoms with van der Waals surface area (Å²) < 4.78 is 72.3. The third-order valence-electron chi connectivity index (χ3n) is 2.47. The van der Waals surface area contributed by atoms with Crippen molar-refractivity contribution in [3.8, 4) is 11.5 Å². The van der Waals surface area contributed by atoms with Gasteiger partial charge >= 0.3 is 6.18 Å². The normalized spacial score (nSPS) is 14.1. The molecule has 1 atom stereocenters. The van der Waals surface area contributed by atoms with Crippen molar-refractivity contribution in [2.24, 2.45) is 0 Å². The molecule has 114 valence electrons. The van der Waals surface area contributed by atoms with Crippen LogP contribution in [0.2, 0.25) is 0 Å². The monoisotopic (exact) mass is 314 g/mol. The van der Waals surface area contributed by atoms with Gasteiger partial charge in [0.15, 0.2) is 0 Å². The number of aryl methyl sites for hydroxylation is 2. The standard InChI is InChI=1S/C11H13F3O5S/c1-6-3-8(4-7(2)10(6)15)19-9(11(12,13)14)5-20(16,17)18/h3-4,9,15H,5H2,1-2H3,(H,16,17,18). The molecule has 5 nitrogen and oxygen atoms in total. The zero-order valence-corrected chi connectivity index (χ0v) is 11.4. The van der Waals surface area contributed by atoms with Crippen LogP contribution in [0.3, 0.4) is 0 Å². The quantitative estimate of drug-likeness (QED) is 0.832. The summed E-state index contributed by atoms with van der Waals surface area (Å²) in [5, 5.41) is 9.50. The van der Waals surface area contributed by atoms with Gasteiger partial charge in [0.25, 0.3) is 10.1 Å². The molecule has 2 N–H and O–H groups in total. The molecule has 0 aliphatic carbocycles. The lowest BCUT2D eigenvalue weighted by Crippen LogP contribution is -2.40. The summed E-state index contributed by atoms with van der Waals surface area (Å²) in [6.45, 7) is 2.92. The Bertz CT molecular complexity index is 572. The van der Waals surface area contributed by atoms with E-state index in [1.807, 2.05) is 0 Å². The average Bonchev–Trinajstić information content (AvgIpc) is 2.21. The van der Waals surface area contributed by atoms with E-state index in [-0.39, 0.29) is 22.6 Å². The number of phenolic OH excluding ortho intramolecular Hbond substituents is 1. The number of aromatic hydroxyl groups is 1. The highest BCUT2D eigenvalue weighted by molar-refractivity contribution is 7.85. The van der Waals surface area contributed by atoms with Gasteiger partial charge < -0.3 is 9.84 Å². The van der Waals surface area contributed by atoms with Gasteiger partial charge in [0.2, 0.25) is 6.10 Å². The van der Waals surface area contributed by atoms with Crippen molar-refractivity contribution in [2.45, 2.75) is 26.1 Å². The minimum Gasteiger partial charge on any atom is -0.507 e. The molecule has 0 aliphatic heterocycles. The Balaban J connectivity index is 3.08. The first-order chi connectivity index (χ1) is 8.90. The number of alkyl halides is 3. The van der Waals surface area contributed by atoms with E-state index in [2.05, 4.69) is 4.74 Å². The maximum Gasteiger partial charge on any atom is 0.426 e. The van der Waals surface area contributed by atoms with Crippen LogP contribution < -0.4 is 4.74 Å². The number of hydrogen-bond acceptors (Lipinski definition) is 4. The minimum atomic E-state index is -4.96. The van der Waals surface area contributed by atoms with Crippen LogP contribution in [-0.4, -0.2) is 36.1 Å². The smallest absolute Gasteiger partial charge is 0.426 e. The second kappa shape index (κ2) is 5.49. The zero-order chi connectivity index (χ0) is 15.7. The Morgan fingerprint density at radius 3 is 2.05 bits per heavy atom. The molecule has 0 fully saturated rings. The van der Waals surface area contributed by atoms with Gasteiger partial charge in [0.05, 0.1) is 0 Å². The molecule has 1 aromatic carbocycles. The molecule has 0 bridgehead atoms. The minimum absolute atomic E-state index is 0.0873. The Labute approximate surface area is 113 Å². The molecular formula is C11H13F3O5S. The summed E-state index contributed by atoms with van der Waals surface area (Å²) in [5.74, 6) is -1.94. The molecule has 1 unspecified atom stereocenters. The van der Waals surface area contributed by atoms with E-state index >= 15 is 0 Å². The van der Waals surface area contributed by atoms with E-state index in [4.69, 9.17) is 4.55 Å². The molecule has 1 aromatic rings. The number of ether oxygens (including phenoxy) is 1. The summed E-state index contributed by atoms with van der Waals surface area (Å²) >= 11 is 0. The van der Waals surface area contributed by atoms with Gasteiger partial charge in [0, 0.05) is 0 Å². The van der Waals surface area contributed by atoms with E-state index < -0.39 is 28.2 Å². The number of halogens is 3. The SMILES string of the molecule is Cc1cc(OC(CS(=O)(=O)O)C(F)(F)F)cc(C)c1O. The van der Waals surface area contributed by atoms with E-state index in [0.29, 0.717) is 0 Å². The lowest BCUT2D eigenvalue weighted by Gasteiger charge is -2.21. The summed E-state index contributed by atoms with van der Waals surface area (Å²) in [6, 6.07) is 2.29. The maximum absolute atomic E-state index is 12.7. The van der Waals surface area contributed by atoms with Crippen LogP contribution in [0.4, 0.5) is 13.2 Å². The van der Waals surface area contributed by atoms with Crippen molar-refractivity contribution >= 4 is 10.1 Å². The highest BCUT2D eigenvalue weighted by Gasteiger charge is 2.44. The van der Waals surface area contributed by atoms with Crippen LogP contribution in [0.25, 0.3) is 0 Å². The number of phenols is 1. The Hall–Kier alpha value is -1.48. The fourth-order valence-corrected chi connectivity index (χ4v) is 2.17. The van der Waals surface area contributed by atoms with Crippen molar-refractivity contribution in [1.29, 1.82) is 0 Å². The molecule has 0 aromatic heterocycles.